The Morgan fingerprint density at radius 1 is 0.192 bits per heavy atom. The first-order valence-corrected chi connectivity index (χ1v) is 18.3. The van der Waals surface area contributed by atoms with Gasteiger partial charge in [0.2, 0.25) is 0 Å². The summed E-state index contributed by atoms with van der Waals surface area (Å²) < 4.78 is 0. The maximum Gasteiger partial charge on any atom is -0.000719 e. The second kappa shape index (κ2) is 9.51. The molecule has 236 valence electrons. The number of benzene rings is 11. The summed E-state index contributed by atoms with van der Waals surface area (Å²) in [5.41, 5.74) is 5.15. The van der Waals surface area contributed by atoms with Crippen molar-refractivity contribution in [3.63, 3.8) is 0 Å². The minimum Gasteiger partial charge on any atom is -0.0622 e. The molecule has 0 bridgehead atoms. The van der Waals surface area contributed by atoms with Gasteiger partial charge in [0.05, 0.1) is 0 Å². The summed E-state index contributed by atoms with van der Waals surface area (Å²) >= 11 is 0. The Kier molecular flexibility index (Phi) is 4.94. The molecule has 0 heteroatoms. The zero-order chi connectivity index (χ0) is 33.7. The maximum atomic E-state index is 2.55. The molecule has 13 aromatic carbocycles. The number of rotatable bonds is 2. The van der Waals surface area contributed by atoms with Gasteiger partial charge in [-0.05, 0) is 154 Å². The summed E-state index contributed by atoms with van der Waals surface area (Å²) in [6.07, 6.45) is 0. The predicted molar refractivity (Wildman–Crippen MR) is 226 cm³/mol. The molecule has 0 aliphatic heterocycles. The van der Waals surface area contributed by atoms with Crippen LogP contribution in [0.4, 0.5) is 0 Å². The van der Waals surface area contributed by atoms with Crippen LogP contribution >= 0.6 is 0 Å². The highest BCUT2D eigenvalue weighted by Crippen LogP contribution is 2.54. The SMILES string of the molecule is c1ccc(-c2c3cc4c(cc3c(-c3ccccc3)c3c5cc6ccccc6c6cccc(c23)c65)c2ccc3ccc5cccc6cc4c2c3c56)cc1. The fourth-order valence-corrected chi connectivity index (χ4v) is 10.2. The van der Waals surface area contributed by atoms with E-state index in [9.17, 15) is 0 Å². The van der Waals surface area contributed by atoms with Gasteiger partial charge in [0, 0.05) is 0 Å². The van der Waals surface area contributed by atoms with E-state index in [0.29, 0.717) is 0 Å². The van der Waals surface area contributed by atoms with E-state index in [1.165, 1.54) is 130 Å². The minimum atomic E-state index is 1.25. The lowest BCUT2D eigenvalue weighted by Crippen LogP contribution is -1.89. The van der Waals surface area contributed by atoms with E-state index >= 15 is 0 Å². The molecule has 0 heterocycles. The molecule has 52 heavy (non-hydrogen) atoms. The van der Waals surface area contributed by atoms with Crippen LogP contribution in [0.5, 0.6) is 0 Å². The Morgan fingerprint density at radius 2 is 0.712 bits per heavy atom. The van der Waals surface area contributed by atoms with Gasteiger partial charge < -0.3 is 0 Å². The average Bonchev–Trinajstić information content (AvgIpc) is 3.69. The third-order valence-electron chi connectivity index (χ3n) is 12.2. The Labute approximate surface area is 298 Å². The van der Waals surface area contributed by atoms with Gasteiger partial charge >= 0.3 is 0 Å². The third-order valence-corrected chi connectivity index (χ3v) is 12.2. The molecule has 0 saturated heterocycles. The summed E-state index contributed by atoms with van der Waals surface area (Å²) in [4.78, 5) is 0. The standard InChI is InChI=1S/C52H28/c1-3-11-29(12-4-1)46-43-28-40-39(37-24-23-32-22-21-31-16-9-17-34-26-41(40)50(37)48(32)45(31)34)27-42(43)47(30-13-5-2-6-14-30)52-44-25-33-15-7-8-18-35(33)36-19-10-20-38(49(36)44)51(46)52/h1-28H. The molecule has 0 atom stereocenters. The molecule has 0 aliphatic rings. The molecule has 0 spiro atoms. The van der Waals surface area contributed by atoms with Gasteiger partial charge in [0.1, 0.15) is 0 Å². The van der Waals surface area contributed by atoms with Crippen LogP contribution < -0.4 is 0 Å². The third kappa shape index (κ3) is 3.24. The van der Waals surface area contributed by atoms with Gasteiger partial charge in [-0.25, -0.2) is 0 Å². The van der Waals surface area contributed by atoms with E-state index in [0.717, 1.165) is 0 Å². The lowest BCUT2D eigenvalue weighted by atomic mass is 9.85. The molecule has 0 amide bonds. The van der Waals surface area contributed by atoms with Crippen LogP contribution in [-0.4, -0.2) is 0 Å². The molecule has 0 nitrogen and oxygen atoms in total. The molecule has 13 rings (SSSR count). The zero-order valence-electron chi connectivity index (χ0n) is 28.2. The summed E-state index contributed by atoms with van der Waals surface area (Å²) in [5.74, 6) is 0. The van der Waals surface area contributed by atoms with Gasteiger partial charge in [-0.2, -0.15) is 0 Å². The van der Waals surface area contributed by atoms with E-state index in [1.54, 1.807) is 0 Å². The van der Waals surface area contributed by atoms with E-state index in [2.05, 4.69) is 170 Å². The number of hydrogen-bond donors (Lipinski definition) is 0. The predicted octanol–water partition coefficient (Wildman–Crippen LogP) is 14.9. The van der Waals surface area contributed by atoms with Gasteiger partial charge in [-0.3, -0.25) is 0 Å². The van der Waals surface area contributed by atoms with E-state index in [1.807, 2.05) is 0 Å². The Balaban J connectivity index is 1.35. The van der Waals surface area contributed by atoms with Crippen molar-refractivity contribution >= 4 is 108 Å². The molecule has 13 aromatic rings. The second-order valence-electron chi connectivity index (χ2n) is 14.7. The summed E-state index contributed by atoms with van der Waals surface area (Å²) in [5, 5.41) is 26.7. The Morgan fingerprint density at radius 3 is 1.48 bits per heavy atom. The summed E-state index contributed by atoms with van der Waals surface area (Å²) in [6.45, 7) is 0. The molecule has 0 aliphatic carbocycles. The lowest BCUT2D eigenvalue weighted by Gasteiger charge is -2.17. The first kappa shape index (κ1) is 27.0. The van der Waals surface area contributed by atoms with Crippen LogP contribution in [-0.2, 0) is 0 Å². The van der Waals surface area contributed by atoms with Crippen molar-refractivity contribution in [2.45, 2.75) is 0 Å². The second-order valence-corrected chi connectivity index (χ2v) is 14.7. The molecule has 0 aromatic heterocycles. The first-order valence-electron chi connectivity index (χ1n) is 18.3. The molecule has 0 saturated carbocycles. The molecular formula is C52H28. The van der Waals surface area contributed by atoms with E-state index in [-0.39, 0.29) is 0 Å². The van der Waals surface area contributed by atoms with E-state index in [4.69, 9.17) is 0 Å². The van der Waals surface area contributed by atoms with Crippen LogP contribution in [0.1, 0.15) is 0 Å². The van der Waals surface area contributed by atoms with Crippen molar-refractivity contribution in [1.82, 2.24) is 0 Å². The quantitative estimate of drug-likeness (QED) is 0.163. The van der Waals surface area contributed by atoms with Crippen molar-refractivity contribution in [2.24, 2.45) is 0 Å². The van der Waals surface area contributed by atoms with Crippen molar-refractivity contribution in [1.29, 1.82) is 0 Å². The smallest absolute Gasteiger partial charge is 0.000719 e. The number of fused-ring (bicyclic) bond motifs is 9. The van der Waals surface area contributed by atoms with Crippen molar-refractivity contribution in [3.05, 3.63) is 170 Å². The molecule has 0 fully saturated rings. The summed E-state index contributed by atoms with van der Waals surface area (Å²) in [7, 11) is 0. The summed E-state index contributed by atoms with van der Waals surface area (Å²) in [6, 6.07) is 64.2. The first-order chi connectivity index (χ1) is 25.8. The zero-order valence-corrected chi connectivity index (χ0v) is 28.2. The monoisotopic (exact) mass is 652 g/mol. The molecule has 0 N–H and O–H groups in total. The van der Waals surface area contributed by atoms with E-state index < -0.39 is 0 Å². The minimum absolute atomic E-state index is 1.25. The molecular weight excluding hydrogens is 625 g/mol. The van der Waals surface area contributed by atoms with Gasteiger partial charge in [-0.15, -0.1) is 0 Å². The molecule has 0 unspecified atom stereocenters. The Hall–Kier alpha value is -6.76. The topological polar surface area (TPSA) is 0 Å². The van der Waals surface area contributed by atoms with Crippen LogP contribution in [0.25, 0.3) is 130 Å². The fraction of sp³-hybridized carbons (Fsp3) is 0. The lowest BCUT2D eigenvalue weighted by molar-refractivity contribution is 1.68. The highest BCUT2D eigenvalue weighted by atomic mass is 14.3. The highest BCUT2D eigenvalue weighted by Gasteiger charge is 2.26. The van der Waals surface area contributed by atoms with Crippen molar-refractivity contribution in [2.75, 3.05) is 0 Å². The van der Waals surface area contributed by atoms with Gasteiger partial charge in [0.15, 0.2) is 0 Å². The van der Waals surface area contributed by atoms with Crippen molar-refractivity contribution in [3.8, 4) is 22.3 Å². The maximum absolute atomic E-state index is 2.55. The van der Waals surface area contributed by atoms with Crippen LogP contribution in [0, 0.1) is 0 Å². The van der Waals surface area contributed by atoms with Crippen LogP contribution in [0.2, 0.25) is 0 Å². The van der Waals surface area contributed by atoms with Crippen LogP contribution in [0.3, 0.4) is 0 Å². The normalized spacial score (nSPS) is 12.6. The Bertz CT molecular complexity index is 3590. The van der Waals surface area contributed by atoms with Crippen molar-refractivity contribution < 1.29 is 0 Å². The highest BCUT2D eigenvalue weighted by molar-refractivity contribution is 6.45. The van der Waals surface area contributed by atoms with Crippen LogP contribution in [0.15, 0.2) is 170 Å². The average molecular weight is 653 g/mol. The largest absolute Gasteiger partial charge is 0.0622 e. The van der Waals surface area contributed by atoms with Gasteiger partial charge in [-0.1, -0.05) is 146 Å². The van der Waals surface area contributed by atoms with Gasteiger partial charge in [0.25, 0.3) is 0 Å². The fourth-order valence-electron chi connectivity index (χ4n) is 10.2. The number of hydrogen-bond acceptors (Lipinski definition) is 0. The molecule has 0 radical (unpaired) electrons.